The van der Waals surface area contributed by atoms with Gasteiger partial charge in [-0.15, -0.1) is 0 Å². The molecule has 0 saturated carbocycles. The highest BCUT2D eigenvalue weighted by molar-refractivity contribution is 7.45. The summed E-state index contributed by atoms with van der Waals surface area (Å²) in [6, 6.07) is 0. The number of phosphoric acid groups is 2. The van der Waals surface area contributed by atoms with E-state index in [0.717, 1.165) is 0 Å². The van der Waals surface area contributed by atoms with E-state index in [1.807, 2.05) is 55.4 Å². The molecule has 0 saturated heterocycles. The Kier molecular flexibility index (Phi) is 91.3. The summed E-state index contributed by atoms with van der Waals surface area (Å²) in [7, 11) is -8.78. The summed E-state index contributed by atoms with van der Waals surface area (Å²) < 4.78 is 27.3. The van der Waals surface area contributed by atoms with Crippen LogP contribution in [-0.4, -0.2) is 36.5 Å². The number of hydrogen-bond acceptors (Lipinski definition) is 2. The van der Waals surface area contributed by atoms with Crippen molar-refractivity contribution in [1.82, 2.24) is 0 Å². The van der Waals surface area contributed by atoms with Gasteiger partial charge in [0.25, 0.3) is 0 Å². The lowest BCUT2D eigenvalue weighted by molar-refractivity contribution is 0.272. The SMILES string of the molecule is CC.CC.CC.CC.CF.O=P(O)(O)O.O=P(O)(O)O. The molecule has 8 nitrogen and oxygen atoms in total. The predicted molar refractivity (Wildman–Crippen MR) is 80.9 cm³/mol. The minimum atomic E-state index is -4.64. The molecule has 0 aliphatic carbocycles. The highest BCUT2D eigenvalue weighted by Gasteiger charge is 2.00. The largest absolute Gasteiger partial charge is 0.466 e. The summed E-state index contributed by atoms with van der Waals surface area (Å²) in [5.74, 6) is 0. The van der Waals surface area contributed by atoms with Crippen LogP contribution in [0.5, 0.6) is 0 Å². The Bertz CT molecular complexity index is 144. The molecule has 0 aliphatic heterocycles. The zero-order chi connectivity index (χ0) is 19.0. The van der Waals surface area contributed by atoms with E-state index in [4.69, 9.17) is 38.5 Å². The van der Waals surface area contributed by atoms with E-state index in [-0.39, 0.29) is 0 Å². The normalized spacial score (nSPS) is 7.40. The molecule has 0 radical (unpaired) electrons. The van der Waals surface area contributed by atoms with Gasteiger partial charge in [0, 0.05) is 0 Å². The van der Waals surface area contributed by atoms with E-state index >= 15 is 0 Å². The molecule has 0 rings (SSSR count). The van der Waals surface area contributed by atoms with Crippen LogP contribution in [0.2, 0.25) is 0 Å². The Morgan fingerprint density at radius 1 is 0.500 bits per heavy atom. The molecule has 0 aromatic rings. The second-order valence-corrected chi connectivity index (χ2v) is 3.08. The second kappa shape index (κ2) is 42.7. The Balaban J connectivity index is -0.0000000211. The van der Waals surface area contributed by atoms with Crippen LogP contribution in [-0.2, 0) is 9.13 Å². The minimum Gasteiger partial charge on any atom is -0.303 e. The van der Waals surface area contributed by atoms with Crippen LogP contribution in [0.3, 0.4) is 0 Å². The average Bonchev–Trinajstić information content (AvgIpc) is 2.37. The molecule has 0 fully saturated rings. The highest BCUT2D eigenvalue weighted by Crippen LogP contribution is 2.26. The molecule has 20 heavy (non-hydrogen) atoms. The molecule has 0 bridgehead atoms. The molecule has 0 aromatic heterocycles. The topological polar surface area (TPSA) is 156 Å². The van der Waals surface area contributed by atoms with Gasteiger partial charge in [-0.1, -0.05) is 55.4 Å². The summed E-state index contributed by atoms with van der Waals surface area (Å²) >= 11 is 0. The molecular weight excluding hydrogens is 317 g/mol. The van der Waals surface area contributed by atoms with Gasteiger partial charge >= 0.3 is 15.6 Å². The first-order valence-corrected chi connectivity index (χ1v) is 9.07. The Morgan fingerprint density at radius 2 is 0.500 bits per heavy atom. The molecule has 11 heteroatoms. The summed E-state index contributed by atoms with van der Waals surface area (Å²) in [6.07, 6.45) is 0. The van der Waals surface area contributed by atoms with Crippen molar-refractivity contribution in [2.45, 2.75) is 55.4 Å². The standard InChI is InChI=1S/4C2H6.CH3F.2H3O4P/c5*1-2;2*1-5(2,3)4/h4*1-2H3;1H3;2*(H3,1,2,3,4). The van der Waals surface area contributed by atoms with Crippen molar-refractivity contribution >= 4 is 15.6 Å². The van der Waals surface area contributed by atoms with Gasteiger partial charge in [-0.25, -0.2) is 9.13 Å². The van der Waals surface area contributed by atoms with Gasteiger partial charge in [0.1, 0.15) is 0 Å². The summed E-state index contributed by atoms with van der Waals surface area (Å²) in [5, 5.41) is 0. The van der Waals surface area contributed by atoms with E-state index in [2.05, 4.69) is 0 Å². The fourth-order valence-corrected chi connectivity index (χ4v) is 0. The van der Waals surface area contributed by atoms with Crippen LogP contribution < -0.4 is 0 Å². The number of hydrogen-bond donors (Lipinski definition) is 6. The maximum atomic E-state index is 9.50. The lowest BCUT2D eigenvalue weighted by Gasteiger charge is -1.82. The predicted octanol–water partition coefficient (Wildman–Crippen LogP) is 2.83. The van der Waals surface area contributed by atoms with Crippen molar-refractivity contribution in [2.75, 3.05) is 7.18 Å². The van der Waals surface area contributed by atoms with Crippen molar-refractivity contribution in [3.63, 3.8) is 0 Å². The van der Waals surface area contributed by atoms with Gasteiger partial charge in [0.05, 0.1) is 7.18 Å². The zero-order valence-corrected chi connectivity index (χ0v) is 15.6. The van der Waals surface area contributed by atoms with Crippen LogP contribution >= 0.6 is 15.6 Å². The van der Waals surface area contributed by atoms with Crippen LogP contribution in [0.15, 0.2) is 0 Å². The monoisotopic (exact) mass is 350 g/mol. The van der Waals surface area contributed by atoms with Crippen LogP contribution in [0.4, 0.5) is 4.39 Å². The molecule has 0 unspecified atom stereocenters. The van der Waals surface area contributed by atoms with Gasteiger partial charge in [-0.2, -0.15) is 0 Å². The number of halogens is 1. The lowest BCUT2D eigenvalue weighted by Crippen LogP contribution is -1.66. The van der Waals surface area contributed by atoms with E-state index in [1.54, 1.807) is 0 Å². The Labute approximate surface area is 122 Å². The third-order valence-electron chi connectivity index (χ3n) is 0. The molecule has 0 heterocycles. The van der Waals surface area contributed by atoms with E-state index in [0.29, 0.717) is 7.18 Å². The van der Waals surface area contributed by atoms with Gasteiger partial charge in [0.2, 0.25) is 0 Å². The summed E-state index contributed by atoms with van der Waals surface area (Å²) in [6.45, 7) is 16.0. The Hall–Kier alpha value is 0.150. The lowest BCUT2D eigenvalue weighted by atomic mass is 11.0. The minimum absolute atomic E-state index is 0.500. The molecule has 6 N–H and O–H groups in total. The maximum absolute atomic E-state index is 9.50. The van der Waals surface area contributed by atoms with Gasteiger partial charge in [0.15, 0.2) is 0 Å². The van der Waals surface area contributed by atoms with Crippen molar-refractivity contribution in [3.8, 4) is 0 Å². The van der Waals surface area contributed by atoms with Crippen molar-refractivity contribution < 1.29 is 42.9 Å². The molecule has 0 aromatic carbocycles. The highest BCUT2D eigenvalue weighted by atomic mass is 31.2. The van der Waals surface area contributed by atoms with E-state index < -0.39 is 15.6 Å². The number of rotatable bonds is 0. The van der Waals surface area contributed by atoms with Crippen LogP contribution in [0.25, 0.3) is 0 Å². The molecule has 134 valence electrons. The van der Waals surface area contributed by atoms with Gasteiger partial charge < -0.3 is 29.4 Å². The first-order chi connectivity index (χ1) is 9.00. The number of alkyl halides is 1. The van der Waals surface area contributed by atoms with Crippen molar-refractivity contribution in [3.05, 3.63) is 0 Å². The van der Waals surface area contributed by atoms with Crippen molar-refractivity contribution in [2.24, 2.45) is 0 Å². The quantitative estimate of drug-likeness (QED) is 0.364. The maximum Gasteiger partial charge on any atom is 0.466 e. The summed E-state index contributed by atoms with van der Waals surface area (Å²) in [5.41, 5.74) is 0. The van der Waals surface area contributed by atoms with Crippen molar-refractivity contribution in [1.29, 1.82) is 0 Å². The smallest absolute Gasteiger partial charge is 0.303 e. The molecule has 0 atom stereocenters. The molecule has 0 spiro atoms. The second-order valence-electron chi connectivity index (χ2n) is 1.03. The first kappa shape index (κ1) is 42.7. The van der Waals surface area contributed by atoms with Gasteiger partial charge in [-0.05, 0) is 0 Å². The fourth-order valence-electron chi connectivity index (χ4n) is 0. The molecule has 0 aliphatic rings. The Morgan fingerprint density at radius 3 is 0.500 bits per heavy atom. The van der Waals surface area contributed by atoms with Crippen LogP contribution in [0, 0.1) is 0 Å². The van der Waals surface area contributed by atoms with E-state index in [9.17, 15) is 4.39 Å². The first-order valence-electron chi connectivity index (χ1n) is 5.94. The summed E-state index contributed by atoms with van der Waals surface area (Å²) in [4.78, 5) is 43.1. The average molecular weight is 350 g/mol. The zero-order valence-electron chi connectivity index (χ0n) is 13.8. The fraction of sp³-hybridized carbons (Fsp3) is 1.00. The molecule has 0 amide bonds. The molecular formula is C9H33FO8P2. The van der Waals surface area contributed by atoms with Gasteiger partial charge in [-0.3, -0.25) is 4.39 Å². The van der Waals surface area contributed by atoms with E-state index in [1.165, 1.54) is 0 Å². The third-order valence-corrected chi connectivity index (χ3v) is 0. The van der Waals surface area contributed by atoms with Crippen LogP contribution in [0.1, 0.15) is 55.4 Å². The third kappa shape index (κ3) is 237000.